The number of aliphatic imine (C=N–C) groups is 2. The Hall–Kier alpha value is -4.00. The van der Waals surface area contributed by atoms with Gasteiger partial charge in [-0.15, -0.1) is 0 Å². The van der Waals surface area contributed by atoms with E-state index in [1.54, 1.807) is 21.3 Å². The topological polar surface area (TPSA) is 70.9 Å². The second-order valence-electron chi connectivity index (χ2n) is 12.6. The van der Waals surface area contributed by atoms with Crippen molar-refractivity contribution in [3.05, 3.63) is 88.0 Å². The summed E-state index contributed by atoms with van der Waals surface area (Å²) in [4.78, 5) is 9.35. The summed E-state index contributed by atoms with van der Waals surface area (Å²) < 4.78 is 27.8. The molecule has 7 heteroatoms. The van der Waals surface area contributed by atoms with Crippen molar-refractivity contribution in [2.45, 2.75) is 71.9 Å². The summed E-state index contributed by atoms with van der Waals surface area (Å²) in [7, 11) is 5.01. The standard InChI is InChI=1S/C22H27NO2.C14H19NO3/c1-15(11-17-9-7-6-8-10-17)18-12-16(2)20(24-5)13-19(18)21-23-22(3,4)14-25-21;1-9-6-12(17-5)10(7-11(9)16-4)13-15-14(2,3)8-18-13/h6-10,12-13,15H,11,14H2,1-5H3;6-7H,8H2,1-5H3. The largest absolute Gasteiger partial charge is 0.496 e. The van der Waals surface area contributed by atoms with E-state index in [4.69, 9.17) is 28.7 Å². The molecule has 0 bridgehead atoms. The summed E-state index contributed by atoms with van der Waals surface area (Å²) in [5.41, 5.74) is 6.30. The normalized spacial score (nSPS) is 17.0. The van der Waals surface area contributed by atoms with Crippen LogP contribution in [0.15, 0.2) is 64.6 Å². The van der Waals surface area contributed by atoms with Crippen LogP contribution in [0.5, 0.6) is 17.2 Å². The lowest BCUT2D eigenvalue weighted by atomic mass is 9.88. The smallest absolute Gasteiger partial charge is 0.220 e. The summed E-state index contributed by atoms with van der Waals surface area (Å²) >= 11 is 0. The highest BCUT2D eigenvalue weighted by molar-refractivity contribution is 5.99. The predicted octanol–water partition coefficient (Wildman–Crippen LogP) is 7.47. The van der Waals surface area contributed by atoms with Crippen LogP contribution in [-0.2, 0) is 15.9 Å². The first-order valence-electron chi connectivity index (χ1n) is 14.8. The molecular weight excluding hydrogens is 540 g/mol. The van der Waals surface area contributed by atoms with Gasteiger partial charge in [0.25, 0.3) is 0 Å². The molecule has 7 nitrogen and oxygen atoms in total. The van der Waals surface area contributed by atoms with Gasteiger partial charge in [-0.3, -0.25) is 0 Å². The van der Waals surface area contributed by atoms with Crippen LogP contribution >= 0.6 is 0 Å². The molecule has 0 spiro atoms. The Morgan fingerprint density at radius 1 is 0.698 bits per heavy atom. The van der Waals surface area contributed by atoms with Crippen molar-refractivity contribution in [2.75, 3.05) is 34.5 Å². The van der Waals surface area contributed by atoms with Crippen molar-refractivity contribution in [2.24, 2.45) is 9.98 Å². The fourth-order valence-electron chi connectivity index (χ4n) is 5.26. The Kier molecular flexibility index (Phi) is 9.73. The fourth-order valence-corrected chi connectivity index (χ4v) is 5.26. The number of nitrogens with zero attached hydrogens (tertiary/aromatic N) is 2. The zero-order valence-electron chi connectivity index (χ0n) is 27.3. The van der Waals surface area contributed by atoms with E-state index in [2.05, 4.69) is 75.2 Å². The van der Waals surface area contributed by atoms with E-state index in [-0.39, 0.29) is 11.1 Å². The maximum Gasteiger partial charge on any atom is 0.220 e. The van der Waals surface area contributed by atoms with E-state index in [9.17, 15) is 0 Å². The van der Waals surface area contributed by atoms with Crippen molar-refractivity contribution in [3.63, 3.8) is 0 Å². The number of rotatable bonds is 8. The minimum absolute atomic E-state index is 0.173. The second-order valence-corrected chi connectivity index (χ2v) is 12.6. The quantitative estimate of drug-likeness (QED) is 0.274. The van der Waals surface area contributed by atoms with E-state index < -0.39 is 0 Å². The van der Waals surface area contributed by atoms with Gasteiger partial charge >= 0.3 is 0 Å². The molecule has 5 rings (SSSR count). The van der Waals surface area contributed by atoms with Gasteiger partial charge in [0.2, 0.25) is 11.8 Å². The van der Waals surface area contributed by atoms with E-state index >= 15 is 0 Å². The van der Waals surface area contributed by atoms with Gasteiger partial charge in [0.15, 0.2) is 0 Å². The zero-order chi connectivity index (χ0) is 31.4. The van der Waals surface area contributed by atoms with E-state index in [1.807, 2.05) is 32.9 Å². The Morgan fingerprint density at radius 3 is 1.67 bits per heavy atom. The molecule has 1 atom stereocenters. The monoisotopic (exact) mass is 586 g/mol. The van der Waals surface area contributed by atoms with E-state index in [0.717, 1.165) is 51.8 Å². The number of benzene rings is 3. The molecule has 0 saturated carbocycles. The van der Waals surface area contributed by atoms with Crippen LogP contribution in [0, 0.1) is 13.8 Å². The summed E-state index contributed by atoms with van der Waals surface area (Å²) in [5.74, 6) is 4.15. The molecule has 0 aromatic heterocycles. The van der Waals surface area contributed by atoms with Crippen LogP contribution in [0.3, 0.4) is 0 Å². The average molecular weight is 587 g/mol. The van der Waals surface area contributed by atoms with Crippen LogP contribution < -0.4 is 14.2 Å². The highest BCUT2D eigenvalue weighted by atomic mass is 16.5. The third-order valence-electron chi connectivity index (χ3n) is 7.59. The lowest BCUT2D eigenvalue weighted by Gasteiger charge is -2.19. The van der Waals surface area contributed by atoms with Crippen LogP contribution in [-0.4, -0.2) is 57.4 Å². The number of ether oxygens (including phenoxy) is 5. The minimum Gasteiger partial charge on any atom is -0.496 e. The van der Waals surface area contributed by atoms with E-state index in [1.165, 1.54) is 11.1 Å². The molecule has 2 heterocycles. The molecule has 230 valence electrons. The summed E-state index contributed by atoms with van der Waals surface area (Å²) in [5, 5.41) is 0. The van der Waals surface area contributed by atoms with Crippen molar-refractivity contribution in [1.82, 2.24) is 0 Å². The lowest BCUT2D eigenvalue weighted by Crippen LogP contribution is -2.17. The predicted molar refractivity (Wildman–Crippen MR) is 174 cm³/mol. The van der Waals surface area contributed by atoms with Crippen LogP contribution in [0.1, 0.15) is 73.9 Å². The third kappa shape index (κ3) is 7.70. The summed E-state index contributed by atoms with van der Waals surface area (Å²) in [6, 6.07) is 18.7. The Labute approximate surface area is 256 Å². The summed E-state index contributed by atoms with van der Waals surface area (Å²) in [6.45, 7) is 15.8. The van der Waals surface area contributed by atoms with Crippen LogP contribution in [0.2, 0.25) is 0 Å². The average Bonchev–Trinajstić information content (AvgIpc) is 3.53. The second kappa shape index (κ2) is 13.1. The molecule has 43 heavy (non-hydrogen) atoms. The molecule has 2 aliphatic rings. The fraction of sp³-hybridized carbons (Fsp3) is 0.444. The van der Waals surface area contributed by atoms with Crippen molar-refractivity contribution >= 4 is 11.8 Å². The first kappa shape index (κ1) is 31.9. The number of hydrogen-bond donors (Lipinski definition) is 0. The van der Waals surface area contributed by atoms with Crippen LogP contribution in [0.25, 0.3) is 0 Å². The van der Waals surface area contributed by atoms with Gasteiger partial charge in [-0.1, -0.05) is 43.3 Å². The van der Waals surface area contributed by atoms with Gasteiger partial charge in [0.1, 0.15) is 30.5 Å². The van der Waals surface area contributed by atoms with Crippen molar-refractivity contribution < 1.29 is 23.7 Å². The third-order valence-corrected chi connectivity index (χ3v) is 7.59. The molecule has 0 radical (unpaired) electrons. The Balaban J connectivity index is 0.000000208. The molecule has 0 N–H and O–H groups in total. The number of methoxy groups -OCH3 is 3. The van der Waals surface area contributed by atoms with Gasteiger partial charge in [-0.2, -0.15) is 0 Å². The van der Waals surface area contributed by atoms with Crippen LogP contribution in [0.4, 0.5) is 0 Å². The first-order chi connectivity index (χ1) is 20.4. The molecule has 0 saturated heterocycles. The number of aryl methyl sites for hydroxylation is 2. The molecule has 3 aromatic carbocycles. The molecule has 3 aromatic rings. The Morgan fingerprint density at radius 2 is 1.19 bits per heavy atom. The highest BCUT2D eigenvalue weighted by Gasteiger charge is 2.30. The first-order valence-corrected chi connectivity index (χ1v) is 14.8. The Bertz CT molecular complexity index is 1490. The van der Waals surface area contributed by atoms with Gasteiger partial charge < -0.3 is 23.7 Å². The van der Waals surface area contributed by atoms with Gasteiger partial charge in [0.05, 0.1) is 38.0 Å². The molecule has 0 fully saturated rings. The minimum atomic E-state index is -0.182. The van der Waals surface area contributed by atoms with Gasteiger partial charge in [-0.25, -0.2) is 9.98 Å². The highest BCUT2D eigenvalue weighted by Crippen LogP contribution is 2.34. The maximum absolute atomic E-state index is 5.93. The lowest BCUT2D eigenvalue weighted by molar-refractivity contribution is 0.278. The zero-order valence-corrected chi connectivity index (χ0v) is 27.3. The molecule has 1 unspecified atom stereocenters. The molecule has 0 aliphatic carbocycles. The van der Waals surface area contributed by atoms with Gasteiger partial charge in [-0.05, 0) is 94.3 Å². The maximum atomic E-state index is 5.93. The molecule has 2 aliphatic heterocycles. The number of hydrogen-bond acceptors (Lipinski definition) is 7. The van der Waals surface area contributed by atoms with Crippen molar-refractivity contribution in [1.29, 1.82) is 0 Å². The SMILES string of the molecule is COc1cc(C2=NC(C)(C)CO2)c(C(C)Cc2ccccc2)cc1C.COc1cc(C2=NC(C)(C)CO2)c(OC)cc1C. The summed E-state index contributed by atoms with van der Waals surface area (Å²) in [6.07, 6.45) is 0.982. The van der Waals surface area contributed by atoms with Gasteiger partial charge in [0, 0.05) is 5.56 Å². The molecule has 0 amide bonds. The molecular formula is C36H46N2O5. The van der Waals surface area contributed by atoms with Crippen molar-refractivity contribution in [3.8, 4) is 17.2 Å². The van der Waals surface area contributed by atoms with E-state index in [0.29, 0.717) is 25.0 Å².